The molecule has 0 radical (unpaired) electrons. The summed E-state index contributed by atoms with van der Waals surface area (Å²) in [7, 11) is 1.60. The van der Waals surface area contributed by atoms with E-state index in [1.807, 2.05) is 38.1 Å². The summed E-state index contributed by atoms with van der Waals surface area (Å²) < 4.78 is 5.24. The first-order valence-corrected chi connectivity index (χ1v) is 6.20. The molecule has 0 saturated carbocycles. The molecule has 0 bridgehead atoms. The predicted octanol–water partition coefficient (Wildman–Crippen LogP) is 3.07. The average molecular weight is 259 g/mol. The molecule has 4 heteroatoms. The van der Waals surface area contributed by atoms with Crippen molar-refractivity contribution in [3.63, 3.8) is 0 Å². The molecule has 0 aliphatic heterocycles. The van der Waals surface area contributed by atoms with Crippen molar-refractivity contribution >= 4 is 16.9 Å². The predicted molar refractivity (Wildman–Crippen MR) is 73.5 cm³/mol. The lowest BCUT2D eigenvalue weighted by Gasteiger charge is -2.17. The lowest BCUT2D eigenvalue weighted by Crippen LogP contribution is -2.17. The second-order valence-corrected chi connectivity index (χ2v) is 4.86. The van der Waals surface area contributed by atoms with E-state index in [0.717, 1.165) is 16.5 Å². The summed E-state index contributed by atoms with van der Waals surface area (Å²) in [6.45, 7) is 3.79. The van der Waals surface area contributed by atoms with Crippen molar-refractivity contribution in [3.05, 3.63) is 36.0 Å². The van der Waals surface area contributed by atoms with E-state index < -0.39 is 11.9 Å². The number of aliphatic carboxylic acids is 1. The molecule has 0 amide bonds. The van der Waals surface area contributed by atoms with E-state index >= 15 is 0 Å². The third kappa shape index (κ3) is 2.52. The number of ether oxygens (including phenoxy) is 1. The summed E-state index contributed by atoms with van der Waals surface area (Å²) in [5.74, 6) is -0.648. The summed E-state index contributed by atoms with van der Waals surface area (Å²) in [6.07, 6.45) is 1.63. The molecule has 1 unspecified atom stereocenters. The van der Waals surface area contributed by atoms with Gasteiger partial charge in [-0.15, -0.1) is 0 Å². The largest absolute Gasteiger partial charge is 0.494 e. The fraction of sp³-hybridized carbons (Fsp3) is 0.333. The number of pyridine rings is 1. The molecule has 0 aliphatic rings. The van der Waals surface area contributed by atoms with Crippen molar-refractivity contribution in [1.29, 1.82) is 0 Å². The molecule has 2 aromatic rings. The van der Waals surface area contributed by atoms with Crippen LogP contribution in [-0.2, 0) is 4.79 Å². The summed E-state index contributed by atoms with van der Waals surface area (Å²) >= 11 is 0. The number of nitrogens with zero attached hydrogens (tertiary/aromatic N) is 1. The van der Waals surface area contributed by atoms with Crippen LogP contribution in [0.1, 0.15) is 25.3 Å². The Morgan fingerprint density at radius 3 is 2.68 bits per heavy atom. The van der Waals surface area contributed by atoms with Crippen molar-refractivity contribution in [3.8, 4) is 5.75 Å². The molecule has 0 saturated heterocycles. The Kier molecular flexibility index (Phi) is 3.69. The first kappa shape index (κ1) is 13.3. The number of para-hydroxylation sites is 1. The minimum absolute atomic E-state index is 0.0161. The van der Waals surface area contributed by atoms with E-state index in [1.165, 1.54) is 0 Å². The zero-order chi connectivity index (χ0) is 14.0. The van der Waals surface area contributed by atoms with Gasteiger partial charge in [0.15, 0.2) is 0 Å². The monoisotopic (exact) mass is 259 g/mol. The summed E-state index contributed by atoms with van der Waals surface area (Å²) in [6, 6.07) is 7.50. The zero-order valence-corrected chi connectivity index (χ0v) is 11.3. The van der Waals surface area contributed by atoms with Gasteiger partial charge < -0.3 is 9.84 Å². The molecule has 1 N–H and O–H groups in total. The SMILES string of the molecule is COc1cccc2cc(C(C(=O)O)C(C)C)cnc12. The summed E-state index contributed by atoms with van der Waals surface area (Å²) in [4.78, 5) is 15.7. The Morgan fingerprint density at radius 2 is 2.11 bits per heavy atom. The second kappa shape index (κ2) is 5.26. The lowest BCUT2D eigenvalue weighted by atomic mass is 9.89. The van der Waals surface area contributed by atoms with Gasteiger partial charge >= 0.3 is 5.97 Å². The zero-order valence-electron chi connectivity index (χ0n) is 11.3. The Hall–Kier alpha value is -2.10. The molecule has 1 aromatic heterocycles. The summed E-state index contributed by atoms with van der Waals surface area (Å²) in [5.41, 5.74) is 1.48. The van der Waals surface area contributed by atoms with Crippen LogP contribution in [0, 0.1) is 5.92 Å². The van der Waals surface area contributed by atoms with Crippen molar-refractivity contribution in [2.24, 2.45) is 5.92 Å². The second-order valence-electron chi connectivity index (χ2n) is 4.86. The van der Waals surface area contributed by atoms with Crippen LogP contribution in [0.5, 0.6) is 5.75 Å². The van der Waals surface area contributed by atoms with Crippen molar-refractivity contribution in [2.45, 2.75) is 19.8 Å². The fourth-order valence-electron chi connectivity index (χ4n) is 2.30. The number of rotatable bonds is 4. The average Bonchev–Trinajstić information content (AvgIpc) is 2.36. The Morgan fingerprint density at radius 1 is 1.37 bits per heavy atom. The lowest BCUT2D eigenvalue weighted by molar-refractivity contribution is -0.139. The highest BCUT2D eigenvalue weighted by Crippen LogP contribution is 2.29. The van der Waals surface area contributed by atoms with E-state index in [4.69, 9.17) is 4.74 Å². The summed E-state index contributed by atoms with van der Waals surface area (Å²) in [5, 5.41) is 10.2. The van der Waals surface area contributed by atoms with Gasteiger partial charge in [-0.3, -0.25) is 9.78 Å². The quantitative estimate of drug-likeness (QED) is 0.916. The van der Waals surface area contributed by atoms with Crippen LogP contribution in [0.2, 0.25) is 0 Å². The van der Waals surface area contributed by atoms with Crippen LogP contribution in [-0.4, -0.2) is 23.2 Å². The first-order chi connectivity index (χ1) is 9.04. The minimum Gasteiger partial charge on any atom is -0.494 e. The van der Waals surface area contributed by atoms with Gasteiger partial charge in [0.1, 0.15) is 11.3 Å². The van der Waals surface area contributed by atoms with E-state index in [2.05, 4.69) is 4.98 Å². The van der Waals surface area contributed by atoms with Gasteiger partial charge in [-0.25, -0.2) is 0 Å². The highest BCUT2D eigenvalue weighted by molar-refractivity contribution is 5.86. The molecule has 0 aliphatic carbocycles. The molecule has 1 aromatic carbocycles. The molecule has 4 nitrogen and oxygen atoms in total. The van der Waals surface area contributed by atoms with Crippen LogP contribution in [0.3, 0.4) is 0 Å². The minimum atomic E-state index is -0.820. The van der Waals surface area contributed by atoms with Gasteiger partial charge in [0.2, 0.25) is 0 Å². The normalized spacial score (nSPS) is 12.6. The van der Waals surface area contributed by atoms with Gasteiger partial charge in [-0.2, -0.15) is 0 Å². The van der Waals surface area contributed by atoms with E-state index in [1.54, 1.807) is 13.3 Å². The molecule has 2 rings (SSSR count). The highest BCUT2D eigenvalue weighted by Gasteiger charge is 2.24. The van der Waals surface area contributed by atoms with Gasteiger partial charge in [0.25, 0.3) is 0 Å². The molecule has 0 fully saturated rings. The standard InChI is InChI=1S/C15H17NO3/c1-9(2)13(15(17)18)11-7-10-5-4-6-12(19-3)14(10)16-8-11/h4-9,13H,1-3H3,(H,17,18). The third-order valence-electron chi connectivity index (χ3n) is 3.21. The van der Waals surface area contributed by atoms with Gasteiger partial charge in [0.05, 0.1) is 13.0 Å². The Balaban J connectivity index is 2.55. The molecule has 0 spiro atoms. The number of carboxylic acids is 1. The molecule has 1 atom stereocenters. The van der Waals surface area contributed by atoms with Crippen molar-refractivity contribution in [2.75, 3.05) is 7.11 Å². The number of carbonyl (C=O) groups is 1. The van der Waals surface area contributed by atoms with Crippen molar-refractivity contribution < 1.29 is 14.6 Å². The van der Waals surface area contributed by atoms with Gasteiger partial charge in [-0.05, 0) is 23.6 Å². The van der Waals surface area contributed by atoms with Crippen LogP contribution < -0.4 is 4.74 Å². The number of methoxy groups -OCH3 is 1. The Labute approximate surface area is 112 Å². The number of fused-ring (bicyclic) bond motifs is 1. The van der Waals surface area contributed by atoms with Crippen LogP contribution in [0.15, 0.2) is 30.5 Å². The highest BCUT2D eigenvalue weighted by atomic mass is 16.5. The maximum atomic E-state index is 11.3. The number of hydrogen-bond donors (Lipinski definition) is 1. The maximum absolute atomic E-state index is 11.3. The third-order valence-corrected chi connectivity index (χ3v) is 3.21. The molecule has 100 valence electrons. The fourth-order valence-corrected chi connectivity index (χ4v) is 2.30. The van der Waals surface area contributed by atoms with Gasteiger partial charge in [-0.1, -0.05) is 26.0 Å². The number of carboxylic acid groups (broad SMARTS) is 1. The van der Waals surface area contributed by atoms with Crippen molar-refractivity contribution in [1.82, 2.24) is 4.98 Å². The molecule has 1 heterocycles. The van der Waals surface area contributed by atoms with E-state index in [0.29, 0.717) is 5.75 Å². The smallest absolute Gasteiger partial charge is 0.311 e. The maximum Gasteiger partial charge on any atom is 0.311 e. The van der Waals surface area contributed by atoms with Crippen LogP contribution >= 0.6 is 0 Å². The Bertz CT molecular complexity index is 607. The number of benzene rings is 1. The topological polar surface area (TPSA) is 59.4 Å². The number of aromatic nitrogens is 1. The molecular weight excluding hydrogens is 242 g/mol. The molecule has 19 heavy (non-hydrogen) atoms. The molecular formula is C15H17NO3. The number of hydrogen-bond acceptors (Lipinski definition) is 3. The van der Waals surface area contributed by atoms with Crippen LogP contribution in [0.4, 0.5) is 0 Å². The van der Waals surface area contributed by atoms with Gasteiger partial charge in [0, 0.05) is 11.6 Å². The van der Waals surface area contributed by atoms with E-state index in [9.17, 15) is 9.90 Å². The van der Waals surface area contributed by atoms with E-state index in [-0.39, 0.29) is 5.92 Å². The first-order valence-electron chi connectivity index (χ1n) is 6.20. The van der Waals surface area contributed by atoms with Crippen LogP contribution in [0.25, 0.3) is 10.9 Å².